The fraction of sp³-hybridized carbons (Fsp3) is 0.412. The summed E-state index contributed by atoms with van der Waals surface area (Å²) in [5.74, 6) is -1.05. The van der Waals surface area contributed by atoms with Crippen molar-refractivity contribution in [1.82, 2.24) is 10.3 Å². The minimum atomic E-state index is -0.856. The normalized spacial score (nSPS) is 16.0. The van der Waals surface area contributed by atoms with Gasteiger partial charge in [0.15, 0.2) is 0 Å². The summed E-state index contributed by atoms with van der Waals surface area (Å²) in [5, 5.41) is 13.8. The maximum absolute atomic E-state index is 12.0. The van der Waals surface area contributed by atoms with Crippen molar-refractivity contribution in [2.24, 2.45) is 5.41 Å². The number of aromatic nitrogens is 1. The molecule has 0 spiro atoms. The number of fused-ring (bicyclic) bond motifs is 1. The number of amides is 1. The number of rotatable bonds is 6. The molecule has 3 N–H and O–H groups in total. The molecule has 0 unspecified atom stereocenters. The molecule has 23 heavy (non-hydrogen) atoms. The van der Waals surface area contributed by atoms with Gasteiger partial charge in [0.1, 0.15) is 0 Å². The highest BCUT2D eigenvalue weighted by atomic mass is 35.5. The van der Waals surface area contributed by atoms with Crippen LogP contribution in [0.3, 0.4) is 0 Å². The first-order valence-electron chi connectivity index (χ1n) is 7.76. The second kappa shape index (κ2) is 6.24. The van der Waals surface area contributed by atoms with Crippen molar-refractivity contribution in [1.29, 1.82) is 0 Å². The molecule has 0 atom stereocenters. The lowest BCUT2D eigenvalue weighted by Crippen LogP contribution is -2.42. The van der Waals surface area contributed by atoms with Crippen LogP contribution in [0.2, 0.25) is 5.02 Å². The summed E-state index contributed by atoms with van der Waals surface area (Å²) in [6.45, 7) is 0.480. The van der Waals surface area contributed by atoms with Crippen LogP contribution in [0.5, 0.6) is 0 Å². The smallest absolute Gasteiger partial charge is 0.310 e. The highest BCUT2D eigenvalue weighted by Gasteiger charge is 2.45. The molecule has 3 rings (SSSR count). The molecule has 1 aliphatic rings. The van der Waals surface area contributed by atoms with Gasteiger partial charge in [0.05, 0.1) is 5.41 Å². The zero-order valence-corrected chi connectivity index (χ0v) is 13.4. The Bertz CT molecular complexity index is 749. The van der Waals surface area contributed by atoms with Crippen LogP contribution in [0.1, 0.15) is 31.2 Å². The number of carbonyl (C=O) groups excluding carboxylic acids is 1. The number of aromatic amines is 1. The summed E-state index contributed by atoms with van der Waals surface area (Å²) >= 11 is 6.02. The molecule has 1 aromatic heterocycles. The molecule has 0 bridgehead atoms. The largest absolute Gasteiger partial charge is 0.481 e. The third-order valence-corrected chi connectivity index (χ3v) is 4.94. The standard InChI is InChI=1S/C17H19ClN2O3/c18-12-2-3-14-13(8-12)11(10-20-14)4-7-19-15(21)9-17(16(22)23)5-1-6-17/h2-3,8,10,20H,1,4-7,9H2,(H,19,21)(H,22,23). The number of nitrogens with one attached hydrogen (secondary N) is 2. The summed E-state index contributed by atoms with van der Waals surface area (Å²) < 4.78 is 0. The van der Waals surface area contributed by atoms with E-state index in [0.29, 0.717) is 30.8 Å². The second-order valence-corrected chi connectivity index (χ2v) is 6.66. The summed E-state index contributed by atoms with van der Waals surface area (Å²) in [6, 6.07) is 5.65. The fourth-order valence-corrected chi connectivity index (χ4v) is 3.31. The molecule has 5 nitrogen and oxygen atoms in total. The molecular weight excluding hydrogens is 316 g/mol. The Morgan fingerprint density at radius 1 is 1.35 bits per heavy atom. The summed E-state index contributed by atoms with van der Waals surface area (Å²) in [4.78, 5) is 26.5. The lowest BCUT2D eigenvalue weighted by Gasteiger charge is -2.36. The first kappa shape index (κ1) is 15.9. The molecule has 1 fully saturated rings. The van der Waals surface area contributed by atoms with Crippen LogP contribution in [0.25, 0.3) is 10.9 Å². The predicted octanol–water partition coefficient (Wildman–Crippen LogP) is 3.13. The minimum Gasteiger partial charge on any atom is -0.481 e. The van der Waals surface area contributed by atoms with Crippen LogP contribution in [-0.4, -0.2) is 28.5 Å². The van der Waals surface area contributed by atoms with Gasteiger partial charge >= 0.3 is 5.97 Å². The van der Waals surface area contributed by atoms with Crippen LogP contribution in [0.15, 0.2) is 24.4 Å². The van der Waals surface area contributed by atoms with E-state index in [0.717, 1.165) is 22.9 Å². The summed E-state index contributed by atoms with van der Waals surface area (Å²) in [5.41, 5.74) is 1.26. The first-order chi connectivity index (χ1) is 11.0. The van der Waals surface area contributed by atoms with E-state index in [4.69, 9.17) is 11.6 Å². The maximum Gasteiger partial charge on any atom is 0.310 e. The zero-order valence-electron chi connectivity index (χ0n) is 12.7. The first-order valence-corrected chi connectivity index (χ1v) is 8.14. The molecule has 0 saturated heterocycles. The van der Waals surface area contributed by atoms with Gasteiger partial charge in [-0.3, -0.25) is 9.59 Å². The lowest BCUT2D eigenvalue weighted by atomic mass is 9.66. The number of carbonyl (C=O) groups is 2. The van der Waals surface area contributed by atoms with E-state index in [9.17, 15) is 14.7 Å². The predicted molar refractivity (Wildman–Crippen MR) is 88.6 cm³/mol. The minimum absolute atomic E-state index is 0.0715. The van der Waals surface area contributed by atoms with Gasteiger partial charge in [0.25, 0.3) is 0 Å². The molecule has 1 aromatic carbocycles. The Labute approximate surface area is 139 Å². The molecular formula is C17H19ClN2O3. The van der Waals surface area contributed by atoms with Crippen LogP contribution < -0.4 is 5.32 Å². The average molecular weight is 335 g/mol. The molecule has 6 heteroatoms. The van der Waals surface area contributed by atoms with Gasteiger partial charge in [-0.05, 0) is 43.0 Å². The molecule has 1 amide bonds. The zero-order chi connectivity index (χ0) is 16.4. The number of carboxylic acids is 1. The van der Waals surface area contributed by atoms with Crippen molar-refractivity contribution < 1.29 is 14.7 Å². The van der Waals surface area contributed by atoms with Crippen molar-refractivity contribution in [3.63, 3.8) is 0 Å². The summed E-state index contributed by atoms with van der Waals surface area (Å²) in [6.07, 6.45) is 4.73. The van der Waals surface area contributed by atoms with Gasteiger partial charge in [-0.15, -0.1) is 0 Å². The van der Waals surface area contributed by atoms with E-state index in [1.54, 1.807) is 0 Å². The van der Waals surface area contributed by atoms with Gasteiger partial charge in [0.2, 0.25) is 5.91 Å². The molecule has 122 valence electrons. The Morgan fingerprint density at radius 3 is 2.78 bits per heavy atom. The van der Waals surface area contributed by atoms with Gasteiger partial charge in [-0.2, -0.15) is 0 Å². The van der Waals surface area contributed by atoms with E-state index < -0.39 is 11.4 Å². The maximum atomic E-state index is 12.0. The average Bonchev–Trinajstić information content (AvgIpc) is 2.85. The molecule has 2 aromatic rings. The van der Waals surface area contributed by atoms with Gasteiger partial charge in [0, 0.05) is 35.1 Å². The van der Waals surface area contributed by atoms with Crippen LogP contribution in [-0.2, 0) is 16.0 Å². The third kappa shape index (κ3) is 3.20. The monoisotopic (exact) mass is 334 g/mol. The van der Waals surface area contributed by atoms with E-state index in [2.05, 4.69) is 10.3 Å². The SMILES string of the molecule is O=C(CC1(C(=O)O)CCC1)NCCc1c[nH]c2ccc(Cl)cc12. The van der Waals surface area contributed by atoms with E-state index in [1.807, 2.05) is 24.4 Å². The Morgan fingerprint density at radius 2 is 2.13 bits per heavy atom. The molecule has 0 radical (unpaired) electrons. The number of aliphatic carboxylic acids is 1. The molecule has 1 saturated carbocycles. The Balaban J connectivity index is 1.55. The van der Waals surface area contributed by atoms with Crippen LogP contribution >= 0.6 is 11.6 Å². The molecule has 1 heterocycles. The molecule has 1 aliphatic carbocycles. The second-order valence-electron chi connectivity index (χ2n) is 6.22. The topological polar surface area (TPSA) is 82.2 Å². The quantitative estimate of drug-likeness (QED) is 0.759. The van der Waals surface area contributed by atoms with E-state index in [-0.39, 0.29) is 12.3 Å². The summed E-state index contributed by atoms with van der Waals surface area (Å²) in [7, 11) is 0. The van der Waals surface area contributed by atoms with Gasteiger partial charge in [-0.1, -0.05) is 18.0 Å². The van der Waals surface area contributed by atoms with Gasteiger partial charge in [-0.25, -0.2) is 0 Å². The van der Waals surface area contributed by atoms with Crippen molar-refractivity contribution >= 4 is 34.4 Å². The van der Waals surface area contributed by atoms with Crippen molar-refractivity contribution in [3.05, 3.63) is 35.0 Å². The number of benzene rings is 1. The number of carboxylic acid groups (broad SMARTS) is 1. The Kier molecular flexibility index (Phi) is 4.31. The number of hydrogen-bond acceptors (Lipinski definition) is 2. The Hall–Kier alpha value is -2.01. The van der Waals surface area contributed by atoms with Crippen LogP contribution in [0.4, 0.5) is 0 Å². The number of halogens is 1. The van der Waals surface area contributed by atoms with E-state index >= 15 is 0 Å². The third-order valence-electron chi connectivity index (χ3n) is 4.71. The highest BCUT2D eigenvalue weighted by molar-refractivity contribution is 6.31. The van der Waals surface area contributed by atoms with E-state index in [1.165, 1.54) is 0 Å². The van der Waals surface area contributed by atoms with Crippen molar-refractivity contribution in [2.45, 2.75) is 32.1 Å². The lowest BCUT2D eigenvalue weighted by molar-refractivity contribution is -0.157. The van der Waals surface area contributed by atoms with Crippen molar-refractivity contribution in [2.75, 3.05) is 6.54 Å². The van der Waals surface area contributed by atoms with Crippen LogP contribution in [0, 0.1) is 5.41 Å². The number of H-pyrrole nitrogens is 1. The fourth-order valence-electron chi connectivity index (χ4n) is 3.13. The van der Waals surface area contributed by atoms with Gasteiger partial charge < -0.3 is 15.4 Å². The molecule has 0 aliphatic heterocycles. The number of hydrogen-bond donors (Lipinski definition) is 3. The van der Waals surface area contributed by atoms with Crippen molar-refractivity contribution in [3.8, 4) is 0 Å². The highest BCUT2D eigenvalue weighted by Crippen LogP contribution is 2.44.